The van der Waals surface area contributed by atoms with E-state index in [1.54, 1.807) is 6.07 Å². The van der Waals surface area contributed by atoms with Crippen molar-refractivity contribution in [3.05, 3.63) is 47.5 Å². The molecule has 0 aliphatic rings. The van der Waals surface area contributed by atoms with Gasteiger partial charge in [-0.25, -0.2) is 10.8 Å². The number of hydrazine groups is 1. The van der Waals surface area contributed by atoms with Crippen molar-refractivity contribution in [3.63, 3.8) is 0 Å². The minimum absolute atomic E-state index is 0.594. The molecule has 0 atom stereocenters. The first-order chi connectivity index (χ1) is 7.79. The number of nitrogens with two attached hydrogens (primary N) is 1. The molecular formula is C11H11ClN4. The number of benzene rings is 1. The van der Waals surface area contributed by atoms with Gasteiger partial charge in [-0.3, -0.25) is 0 Å². The second kappa shape index (κ2) is 4.83. The van der Waals surface area contributed by atoms with Gasteiger partial charge >= 0.3 is 0 Å². The average Bonchev–Trinajstić information content (AvgIpc) is 2.32. The van der Waals surface area contributed by atoms with Crippen molar-refractivity contribution in [3.8, 4) is 0 Å². The number of rotatable bonds is 3. The van der Waals surface area contributed by atoms with Crippen LogP contribution >= 0.6 is 11.6 Å². The Morgan fingerprint density at radius 3 is 2.50 bits per heavy atom. The molecular weight excluding hydrogens is 224 g/mol. The fourth-order valence-electron chi connectivity index (χ4n) is 1.29. The van der Waals surface area contributed by atoms with Gasteiger partial charge in [0.1, 0.15) is 11.6 Å². The Kier molecular flexibility index (Phi) is 3.24. The van der Waals surface area contributed by atoms with Gasteiger partial charge in [0.05, 0.1) is 10.7 Å². The molecule has 2 aromatic rings. The molecule has 0 aliphatic carbocycles. The highest BCUT2D eigenvalue weighted by Crippen LogP contribution is 2.24. The summed E-state index contributed by atoms with van der Waals surface area (Å²) in [6.07, 6.45) is 0. The van der Waals surface area contributed by atoms with E-state index in [0.29, 0.717) is 16.7 Å². The van der Waals surface area contributed by atoms with Crippen molar-refractivity contribution in [1.29, 1.82) is 0 Å². The Bertz CT molecular complexity index is 487. The fraction of sp³-hybridized carbons (Fsp3) is 0. The van der Waals surface area contributed by atoms with Gasteiger partial charge < -0.3 is 10.7 Å². The van der Waals surface area contributed by atoms with E-state index in [9.17, 15) is 0 Å². The van der Waals surface area contributed by atoms with Crippen molar-refractivity contribution in [2.45, 2.75) is 0 Å². The van der Waals surface area contributed by atoms with E-state index in [1.165, 1.54) is 0 Å². The zero-order valence-electron chi connectivity index (χ0n) is 8.44. The Hall–Kier alpha value is -1.78. The second-order valence-electron chi connectivity index (χ2n) is 3.16. The quantitative estimate of drug-likeness (QED) is 0.565. The van der Waals surface area contributed by atoms with Crippen molar-refractivity contribution in [2.24, 2.45) is 5.84 Å². The summed E-state index contributed by atoms with van der Waals surface area (Å²) in [5.74, 6) is 6.55. The molecule has 0 amide bonds. The number of nitrogen functional groups attached to an aromatic ring is 1. The zero-order valence-corrected chi connectivity index (χ0v) is 9.20. The van der Waals surface area contributed by atoms with Crippen LogP contribution in [0.3, 0.4) is 0 Å². The normalized spacial score (nSPS) is 9.88. The summed E-state index contributed by atoms with van der Waals surface area (Å²) in [5.41, 5.74) is 3.29. The topological polar surface area (TPSA) is 63.0 Å². The molecule has 1 aromatic carbocycles. The largest absolute Gasteiger partial charge is 0.339 e. The number of para-hydroxylation sites is 1. The minimum Gasteiger partial charge on any atom is -0.339 e. The van der Waals surface area contributed by atoms with E-state index >= 15 is 0 Å². The van der Waals surface area contributed by atoms with E-state index in [2.05, 4.69) is 15.7 Å². The van der Waals surface area contributed by atoms with Gasteiger partial charge in [-0.2, -0.15) is 0 Å². The monoisotopic (exact) mass is 234 g/mol. The fourth-order valence-corrected chi connectivity index (χ4v) is 1.47. The number of pyridine rings is 1. The summed E-state index contributed by atoms with van der Waals surface area (Å²) in [6.45, 7) is 0. The van der Waals surface area contributed by atoms with Gasteiger partial charge in [0.25, 0.3) is 0 Å². The van der Waals surface area contributed by atoms with Crippen LogP contribution in [0.25, 0.3) is 0 Å². The van der Waals surface area contributed by atoms with Crippen LogP contribution in [0.1, 0.15) is 0 Å². The van der Waals surface area contributed by atoms with Gasteiger partial charge in [-0.15, -0.1) is 0 Å². The molecule has 16 heavy (non-hydrogen) atoms. The molecule has 82 valence electrons. The lowest BCUT2D eigenvalue weighted by molar-refractivity contribution is 1.22. The van der Waals surface area contributed by atoms with Crippen LogP contribution in [0.5, 0.6) is 0 Å². The average molecular weight is 235 g/mol. The van der Waals surface area contributed by atoms with Crippen LogP contribution in [0.15, 0.2) is 42.5 Å². The van der Waals surface area contributed by atoms with E-state index in [-0.39, 0.29) is 0 Å². The summed E-state index contributed by atoms with van der Waals surface area (Å²) in [4.78, 5) is 4.22. The van der Waals surface area contributed by atoms with Crippen LogP contribution in [-0.4, -0.2) is 4.98 Å². The van der Waals surface area contributed by atoms with Gasteiger partial charge in [0.15, 0.2) is 0 Å². The highest BCUT2D eigenvalue weighted by Gasteiger charge is 2.00. The number of anilines is 3. The Labute approximate surface area is 98.4 Å². The van der Waals surface area contributed by atoms with Gasteiger partial charge in [-0.05, 0) is 24.3 Å². The molecule has 0 fully saturated rings. The highest BCUT2D eigenvalue weighted by atomic mass is 35.5. The predicted molar refractivity (Wildman–Crippen MR) is 66.8 cm³/mol. The number of nitrogens with one attached hydrogen (secondary N) is 2. The van der Waals surface area contributed by atoms with E-state index in [0.717, 1.165) is 5.69 Å². The molecule has 5 heteroatoms. The summed E-state index contributed by atoms with van der Waals surface area (Å²) < 4.78 is 0. The molecule has 0 saturated heterocycles. The molecule has 0 aliphatic heterocycles. The number of halogens is 1. The molecule has 0 saturated carbocycles. The highest BCUT2D eigenvalue weighted by molar-refractivity contribution is 6.33. The maximum atomic E-state index is 6.02. The minimum atomic E-state index is 0.594. The summed E-state index contributed by atoms with van der Waals surface area (Å²) in [5, 5.41) is 3.76. The molecule has 1 heterocycles. The Morgan fingerprint density at radius 2 is 1.75 bits per heavy atom. The molecule has 0 unspecified atom stereocenters. The maximum absolute atomic E-state index is 6.02. The summed E-state index contributed by atoms with van der Waals surface area (Å²) in [7, 11) is 0. The third-order valence-corrected chi connectivity index (χ3v) is 2.36. The lowest BCUT2D eigenvalue weighted by atomic mass is 10.3. The van der Waals surface area contributed by atoms with E-state index < -0.39 is 0 Å². The second-order valence-corrected chi connectivity index (χ2v) is 3.56. The van der Waals surface area contributed by atoms with Crippen LogP contribution < -0.4 is 16.6 Å². The number of aromatic nitrogens is 1. The molecule has 2 rings (SSSR count). The first-order valence-electron chi connectivity index (χ1n) is 4.75. The molecule has 4 N–H and O–H groups in total. The smallest absolute Gasteiger partial charge is 0.142 e. The Morgan fingerprint density at radius 1 is 1.00 bits per heavy atom. The van der Waals surface area contributed by atoms with E-state index in [1.807, 2.05) is 36.4 Å². The lowest BCUT2D eigenvalue weighted by Crippen LogP contribution is -2.08. The van der Waals surface area contributed by atoms with Crippen LogP contribution in [-0.2, 0) is 0 Å². The number of hydrogen-bond donors (Lipinski definition) is 3. The SMILES string of the molecule is NNc1cccc(Nc2ccccc2Cl)n1. The predicted octanol–water partition coefficient (Wildman–Crippen LogP) is 2.76. The van der Waals surface area contributed by atoms with Gasteiger partial charge in [-0.1, -0.05) is 29.8 Å². The Balaban J connectivity index is 2.24. The molecule has 4 nitrogen and oxygen atoms in total. The first-order valence-corrected chi connectivity index (χ1v) is 5.12. The zero-order chi connectivity index (χ0) is 11.4. The summed E-state index contributed by atoms with van der Waals surface area (Å²) >= 11 is 6.02. The van der Waals surface area contributed by atoms with Crippen molar-refractivity contribution < 1.29 is 0 Å². The third kappa shape index (κ3) is 2.42. The molecule has 0 radical (unpaired) electrons. The van der Waals surface area contributed by atoms with Crippen LogP contribution in [0, 0.1) is 0 Å². The summed E-state index contributed by atoms with van der Waals surface area (Å²) in [6, 6.07) is 12.9. The number of nitrogens with zero attached hydrogens (tertiary/aromatic N) is 1. The van der Waals surface area contributed by atoms with Crippen LogP contribution in [0.2, 0.25) is 5.02 Å². The maximum Gasteiger partial charge on any atom is 0.142 e. The van der Waals surface area contributed by atoms with E-state index in [4.69, 9.17) is 17.4 Å². The third-order valence-electron chi connectivity index (χ3n) is 2.03. The molecule has 0 spiro atoms. The van der Waals surface area contributed by atoms with Crippen molar-refractivity contribution in [2.75, 3.05) is 10.7 Å². The lowest BCUT2D eigenvalue weighted by Gasteiger charge is -2.08. The first kappa shape index (κ1) is 10.7. The van der Waals surface area contributed by atoms with Gasteiger partial charge in [0.2, 0.25) is 0 Å². The van der Waals surface area contributed by atoms with Gasteiger partial charge in [0, 0.05) is 0 Å². The number of hydrogen-bond acceptors (Lipinski definition) is 4. The standard InChI is InChI=1S/C11H11ClN4/c12-8-4-1-2-5-9(8)14-10-6-3-7-11(15-10)16-13/h1-7H,13H2,(H2,14,15,16). The molecule has 1 aromatic heterocycles. The van der Waals surface area contributed by atoms with Crippen molar-refractivity contribution >= 4 is 28.9 Å². The van der Waals surface area contributed by atoms with Crippen molar-refractivity contribution in [1.82, 2.24) is 4.98 Å². The van der Waals surface area contributed by atoms with Crippen LogP contribution in [0.4, 0.5) is 17.3 Å². The molecule has 0 bridgehead atoms.